The summed E-state index contributed by atoms with van der Waals surface area (Å²) in [4.78, 5) is 12.9. The molecule has 4 aromatic rings. The molecule has 6 nitrogen and oxygen atoms in total. The number of hydrogen-bond acceptors (Lipinski definition) is 4. The number of carbonyl (C=O) groups excluding carboxylic acids is 1. The first kappa shape index (κ1) is 24.6. The second-order valence-corrected chi connectivity index (χ2v) is 9.29. The van der Waals surface area contributed by atoms with Crippen molar-refractivity contribution in [2.75, 3.05) is 0 Å². The van der Waals surface area contributed by atoms with Gasteiger partial charge < -0.3 is 21.0 Å². The molecule has 4 N–H and O–H groups in total. The Morgan fingerprint density at radius 3 is 2.18 bits per heavy atom. The van der Waals surface area contributed by atoms with E-state index in [1.54, 1.807) is 30.3 Å². The summed E-state index contributed by atoms with van der Waals surface area (Å²) in [5, 5.41) is 13.9. The molecule has 4 aromatic carbocycles. The van der Waals surface area contributed by atoms with E-state index in [1.165, 1.54) is 12.1 Å². The number of nitrogens with one attached hydrogen (secondary N) is 1. The van der Waals surface area contributed by atoms with Crippen LogP contribution >= 0.6 is 0 Å². The summed E-state index contributed by atoms with van der Waals surface area (Å²) in [6.45, 7) is -0.429. The van der Waals surface area contributed by atoms with Gasteiger partial charge in [0.2, 0.25) is 0 Å². The van der Waals surface area contributed by atoms with Gasteiger partial charge in [0.15, 0.2) is 5.84 Å². The van der Waals surface area contributed by atoms with Gasteiger partial charge in [-0.2, -0.15) is 0 Å². The molecular formula is C29H19F4N3O3. The van der Waals surface area contributed by atoms with Gasteiger partial charge in [-0.1, -0.05) is 23.4 Å². The maximum Gasteiger partial charge on any atom is 0.251 e. The minimum Gasteiger partial charge on any atom is -0.409 e. The second kappa shape index (κ2) is 9.25. The first-order chi connectivity index (χ1) is 18.7. The standard InChI is InChI=1S/C29H19F4N3O3/c30-16-3-6-17(25(33)11-16)13-1-4-18-20(7-13)27-21-8-14(2-5-19(21)26(18)39-27)29(37)35-12-22-23(31)9-15(10-24(22)32)28(34)36-38/h1-11,26-27,38H,12H2,(H2,34,36)(H,35,37)/t26-,27+/m0/s1. The molecular weight excluding hydrogens is 514 g/mol. The molecule has 196 valence electrons. The molecule has 6 rings (SSSR count). The van der Waals surface area contributed by atoms with E-state index in [4.69, 9.17) is 15.7 Å². The number of nitrogens with two attached hydrogens (primary N) is 1. The fourth-order valence-electron chi connectivity index (χ4n) is 5.13. The summed E-state index contributed by atoms with van der Waals surface area (Å²) < 4.78 is 62.8. The van der Waals surface area contributed by atoms with E-state index in [9.17, 15) is 22.4 Å². The zero-order valence-corrected chi connectivity index (χ0v) is 20.0. The molecule has 0 fully saturated rings. The van der Waals surface area contributed by atoms with Crippen molar-refractivity contribution in [3.63, 3.8) is 0 Å². The molecule has 0 saturated carbocycles. The number of rotatable bonds is 5. The van der Waals surface area contributed by atoms with Gasteiger partial charge in [0.05, 0.1) is 0 Å². The Kier molecular flexibility index (Phi) is 5.84. The van der Waals surface area contributed by atoms with Gasteiger partial charge in [0, 0.05) is 34.9 Å². The van der Waals surface area contributed by atoms with Crippen molar-refractivity contribution in [1.29, 1.82) is 0 Å². The van der Waals surface area contributed by atoms with Crippen molar-refractivity contribution in [3.05, 3.63) is 129 Å². The highest BCUT2D eigenvalue weighted by Gasteiger charge is 2.43. The van der Waals surface area contributed by atoms with Gasteiger partial charge in [0.25, 0.3) is 5.91 Å². The molecule has 2 aliphatic heterocycles. The zero-order chi connectivity index (χ0) is 27.4. The predicted molar refractivity (Wildman–Crippen MR) is 133 cm³/mol. The minimum absolute atomic E-state index is 0.137. The number of hydrogen-bond donors (Lipinski definition) is 3. The maximum atomic E-state index is 14.4. The summed E-state index contributed by atoms with van der Waals surface area (Å²) >= 11 is 0. The van der Waals surface area contributed by atoms with Gasteiger partial charge in [-0.3, -0.25) is 4.79 Å². The van der Waals surface area contributed by atoms with Crippen LogP contribution in [-0.2, 0) is 11.3 Å². The number of nitrogens with zero attached hydrogens (tertiary/aromatic N) is 1. The summed E-state index contributed by atoms with van der Waals surface area (Å²) in [5.74, 6) is -4.26. The van der Waals surface area contributed by atoms with Crippen LogP contribution in [0.15, 0.2) is 71.9 Å². The van der Waals surface area contributed by atoms with Crippen molar-refractivity contribution in [1.82, 2.24) is 5.32 Å². The van der Waals surface area contributed by atoms with Crippen LogP contribution in [0, 0.1) is 23.3 Å². The van der Waals surface area contributed by atoms with E-state index in [2.05, 4.69) is 10.5 Å². The summed E-state index contributed by atoms with van der Waals surface area (Å²) in [7, 11) is 0. The molecule has 2 aliphatic rings. The fourth-order valence-corrected chi connectivity index (χ4v) is 5.13. The van der Waals surface area contributed by atoms with Crippen LogP contribution in [0.3, 0.4) is 0 Å². The van der Waals surface area contributed by atoms with Crippen LogP contribution in [0.2, 0.25) is 0 Å². The Hall–Kier alpha value is -4.70. The Labute approximate surface area is 219 Å². The molecule has 0 aliphatic carbocycles. The van der Waals surface area contributed by atoms with E-state index in [1.807, 2.05) is 6.07 Å². The number of amides is 1. The predicted octanol–water partition coefficient (Wildman–Crippen LogP) is 5.46. The van der Waals surface area contributed by atoms with E-state index in [0.717, 1.165) is 40.5 Å². The van der Waals surface area contributed by atoms with Crippen LogP contribution in [0.5, 0.6) is 0 Å². The number of ether oxygens (including phenoxy) is 1. The van der Waals surface area contributed by atoms with Gasteiger partial charge in [0.1, 0.15) is 35.5 Å². The van der Waals surface area contributed by atoms with Gasteiger partial charge in [-0.25, -0.2) is 17.6 Å². The third-order valence-electron chi connectivity index (χ3n) is 7.05. The molecule has 0 unspecified atom stereocenters. The lowest BCUT2D eigenvalue weighted by molar-refractivity contribution is 0.0857. The summed E-state index contributed by atoms with van der Waals surface area (Å²) in [6.07, 6.45) is -0.835. The molecule has 39 heavy (non-hydrogen) atoms. The molecule has 0 spiro atoms. The molecule has 1 amide bonds. The second-order valence-electron chi connectivity index (χ2n) is 9.29. The van der Waals surface area contributed by atoms with Gasteiger partial charge in [-0.05, 0) is 70.3 Å². The number of carbonyl (C=O) groups is 1. The first-order valence-electron chi connectivity index (χ1n) is 11.9. The van der Waals surface area contributed by atoms with Crippen molar-refractivity contribution >= 4 is 11.7 Å². The largest absolute Gasteiger partial charge is 0.409 e. The Morgan fingerprint density at radius 2 is 1.49 bits per heavy atom. The molecule has 2 atom stereocenters. The van der Waals surface area contributed by atoms with Gasteiger partial charge in [-0.15, -0.1) is 0 Å². The minimum atomic E-state index is -0.957. The lowest BCUT2D eigenvalue weighted by Gasteiger charge is -2.18. The number of amidine groups is 1. The number of halogens is 4. The van der Waals surface area contributed by atoms with E-state index < -0.39 is 47.7 Å². The number of fused-ring (bicyclic) bond motifs is 8. The summed E-state index contributed by atoms with van der Waals surface area (Å²) in [6, 6.07) is 15.7. The molecule has 0 saturated heterocycles. The average molecular weight is 533 g/mol. The lowest BCUT2D eigenvalue weighted by atomic mass is 9.83. The van der Waals surface area contributed by atoms with E-state index in [-0.39, 0.29) is 28.4 Å². The molecule has 10 heteroatoms. The molecule has 0 aromatic heterocycles. The van der Waals surface area contributed by atoms with Crippen molar-refractivity contribution < 1.29 is 32.3 Å². The SMILES string of the molecule is NC(=NO)c1cc(F)c(CNC(=O)c2ccc3c(c2)[C@@H]2O[C@H]3c3ccc(-c4ccc(F)cc4F)cc32)c(F)c1. The van der Waals surface area contributed by atoms with Crippen LogP contribution in [0.1, 0.15) is 55.9 Å². The maximum absolute atomic E-state index is 14.4. The zero-order valence-electron chi connectivity index (χ0n) is 20.0. The smallest absolute Gasteiger partial charge is 0.251 e. The van der Waals surface area contributed by atoms with Crippen molar-refractivity contribution in [3.8, 4) is 11.1 Å². The quantitative estimate of drug-likeness (QED) is 0.104. The van der Waals surface area contributed by atoms with Gasteiger partial charge >= 0.3 is 0 Å². The molecule has 2 bridgehead atoms. The average Bonchev–Trinajstić information content (AvgIpc) is 3.48. The Balaban J connectivity index is 1.24. The molecule has 0 radical (unpaired) electrons. The highest BCUT2D eigenvalue weighted by Crippen LogP contribution is 2.54. The third kappa shape index (κ3) is 4.09. The lowest BCUT2D eigenvalue weighted by Crippen LogP contribution is -2.25. The normalized spacial score (nSPS) is 17.2. The van der Waals surface area contributed by atoms with Crippen LogP contribution < -0.4 is 11.1 Å². The Bertz CT molecular complexity index is 1680. The first-order valence-corrected chi connectivity index (χ1v) is 11.9. The third-order valence-corrected chi connectivity index (χ3v) is 7.05. The van der Waals surface area contributed by atoms with Crippen molar-refractivity contribution in [2.24, 2.45) is 10.9 Å². The number of benzene rings is 4. The highest BCUT2D eigenvalue weighted by atomic mass is 19.1. The van der Waals surface area contributed by atoms with Crippen LogP contribution in [-0.4, -0.2) is 17.0 Å². The van der Waals surface area contributed by atoms with Crippen molar-refractivity contribution in [2.45, 2.75) is 18.8 Å². The van der Waals surface area contributed by atoms with Crippen LogP contribution in [0.4, 0.5) is 17.6 Å². The van der Waals surface area contributed by atoms with E-state index in [0.29, 0.717) is 5.56 Å². The van der Waals surface area contributed by atoms with Crippen LogP contribution in [0.25, 0.3) is 11.1 Å². The highest BCUT2D eigenvalue weighted by molar-refractivity contribution is 5.97. The summed E-state index contributed by atoms with van der Waals surface area (Å²) in [5.41, 5.74) is 9.36. The Morgan fingerprint density at radius 1 is 0.821 bits per heavy atom. The fraction of sp³-hybridized carbons (Fsp3) is 0.103. The number of oxime groups is 1. The topological polar surface area (TPSA) is 96.9 Å². The molecule has 2 heterocycles. The van der Waals surface area contributed by atoms with E-state index >= 15 is 0 Å². The monoisotopic (exact) mass is 533 g/mol.